The van der Waals surface area contributed by atoms with Crippen LogP contribution < -0.4 is 5.32 Å². The number of nitrogens with zero attached hydrogens (tertiary/aromatic N) is 1. The summed E-state index contributed by atoms with van der Waals surface area (Å²) in [6.45, 7) is 10.7. The van der Waals surface area contributed by atoms with Gasteiger partial charge in [0.1, 0.15) is 12.1 Å². The van der Waals surface area contributed by atoms with Crippen molar-refractivity contribution in [3.05, 3.63) is 0 Å². The molecule has 1 rings (SSSR count). The molecule has 1 N–H and O–H groups in total. The molecule has 0 aliphatic carbocycles. The highest BCUT2D eigenvalue weighted by atomic mass is 16.5. The van der Waals surface area contributed by atoms with E-state index in [0.29, 0.717) is 26.0 Å². The third-order valence-electron chi connectivity index (χ3n) is 3.24. The Labute approximate surface area is 115 Å². The summed E-state index contributed by atoms with van der Waals surface area (Å²) in [4.78, 5) is 25.9. The molecule has 110 valence electrons. The first-order valence-corrected chi connectivity index (χ1v) is 7.05. The number of hydrogen-bond donors (Lipinski definition) is 1. The van der Waals surface area contributed by atoms with Crippen LogP contribution in [0, 0.1) is 0 Å². The predicted molar refractivity (Wildman–Crippen MR) is 73.7 cm³/mol. The second-order valence-corrected chi connectivity index (χ2v) is 5.89. The van der Waals surface area contributed by atoms with Crippen molar-refractivity contribution in [2.45, 2.75) is 65.1 Å². The Morgan fingerprint density at radius 1 is 1.21 bits per heavy atom. The molecule has 1 fully saturated rings. The summed E-state index contributed by atoms with van der Waals surface area (Å²) in [5.74, 6) is -0.0452. The van der Waals surface area contributed by atoms with Crippen molar-refractivity contribution in [2.24, 2.45) is 0 Å². The van der Waals surface area contributed by atoms with E-state index >= 15 is 0 Å². The highest BCUT2D eigenvalue weighted by Crippen LogP contribution is 2.15. The van der Waals surface area contributed by atoms with Gasteiger partial charge in [-0.2, -0.15) is 0 Å². The maximum absolute atomic E-state index is 12.3. The fourth-order valence-electron chi connectivity index (χ4n) is 2.22. The molecule has 1 heterocycles. The van der Waals surface area contributed by atoms with Gasteiger partial charge in [0.25, 0.3) is 0 Å². The summed E-state index contributed by atoms with van der Waals surface area (Å²) < 4.78 is 5.65. The molecule has 2 atom stereocenters. The lowest BCUT2D eigenvalue weighted by atomic mass is 10.0. The van der Waals surface area contributed by atoms with Crippen molar-refractivity contribution < 1.29 is 14.3 Å². The summed E-state index contributed by atoms with van der Waals surface area (Å²) >= 11 is 0. The molecule has 1 aliphatic rings. The molecule has 1 aliphatic heterocycles. The van der Waals surface area contributed by atoms with Crippen LogP contribution in [-0.4, -0.2) is 47.6 Å². The highest BCUT2D eigenvalue weighted by molar-refractivity contribution is 5.96. The molecule has 0 aromatic heterocycles. The zero-order valence-corrected chi connectivity index (χ0v) is 12.7. The first-order chi connectivity index (χ1) is 8.80. The number of piperazine rings is 1. The van der Waals surface area contributed by atoms with Crippen molar-refractivity contribution in [3.63, 3.8) is 0 Å². The standard InChI is InChI=1S/C14H26N2O3/c1-6-10-13(18)16(8-9-19-14(3,4)5)11(7-2)12(17)15-10/h10-11H,6-9H2,1-5H3,(H,15,17). The normalized spacial score (nSPS) is 24.6. The molecule has 5 heteroatoms. The molecule has 1 saturated heterocycles. The summed E-state index contributed by atoms with van der Waals surface area (Å²) in [6.07, 6.45) is 1.25. The van der Waals surface area contributed by atoms with E-state index < -0.39 is 0 Å². The van der Waals surface area contributed by atoms with Gasteiger partial charge in [-0.3, -0.25) is 9.59 Å². The van der Waals surface area contributed by atoms with Gasteiger partial charge in [-0.25, -0.2) is 0 Å². The van der Waals surface area contributed by atoms with E-state index in [1.807, 2.05) is 34.6 Å². The summed E-state index contributed by atoms with van der Waals surface area (Å²) in [6, 6.07) is -0.746. The topological polar surface area (TPSA) is 58.6 Å². The fraction of sp³-hybridized carbons (Fsp3) is 0.857. The van der Waals surface area contributed by atoms with Crippen LogP contribution in [0.15, 0.2) is 0 Å². The number of ether oxygens (including phenoxy) is 1. The first-order valence-electron chi connectivity index (χ1n) is 7.05. The average molecular weight is 270 g/mol. The second-order valence-electron chi connectivity index (χ2n) is 5.89. The van der Waals surface area contributed by atoms with Crippen LogP contribution in [-0.2, 0) is 14.3 Å². The molecule has 0 bridgehead atoms. The lowest BCUT2D eigenvalue weighted by Gasteiger charge is -2.38. The summed E-state index contributed by atoms with van der Waals surface area (Å²) in [5, 5.41) is 2.78. The van der Waals surface area contributed by atoms with Crippen LogP contribution in [0.2, 0.25) is 0 Å². The molecule has 0 spiro atoms. The highest BCUT2D eigenvalue weighted by Gasteiger charge is 2.38. The Balaban J connectivity index is 2.68. The summed E-state index contributed by atoms with van der Waals surface area (Å²) in [7, 11) is 0. The molecule has 0 radical (unpaired) electrons. The van der Waals surface area contributed by atoms with Crippen molar-refractivity contribution in [1.29, 1.82) is 0 Å². The number of carbonyl (C=O) groups is 2. The molecule has 0 aromatic carbocycles. The SMILES string of the molecule is CCC1NC(=O)C(CC)N(CCOC(C)(C)C)C1=O. The third-order valence-corrected chi connectivity index (χ3v) is 3.24. The minimum absolute atomic E-state index is 0.00598. The molecule has 19 heavy (non-hydrogen) atoms. The lowest BCUT2D eigenvalue weighted by Crippen LogP contribution is -2.63. The largest absolute Gasteiger partial charge is 0.374 e. The van der Waals surface area contributed by atoms with E-state index in [9.17, 15) is 9.59 Å². The number of carbonyl (C=O) groups excluding carboxylic acids is 2. The number of amides is 2. The van der Waals surface area contributed by atoms with Gasteiger partial charge in [-0.05, 0) is 33.6 Å². The van der Waals surface area contributed by atoms with Crippen LogP contribution in [0.3, 0.4) is 0 Å². The second kappa shape index (κ2) is 6.37. The van der Waals surface area contributed by atoms with Crippen molar-refractivity contribution in [1.82, 2.24) is 10.2 Å². The Hall–Kier alpha value is -1.10. The Morgan fingerprint density at radius 3 is 2.32 bits per heavy atom. The van der Waals surface area contributed by atoms with E-state index in [0.717, 1.165) is 0 Å². The van der Waals surface area contributed by atoms with E-state index in [2.05, 4.69) is 5.32 Å². The maximum Gasteiger partial charge on any atom is 0.245 e. The minimum atomic E-state index is -0.384. The van der Waals surface area contributed by atoms with Gasteiger partial charge in [0.2, 0.25) is 11.8 Å². The Morgan fingerprint density at radius 2 is 1.84 bits per heavy atom. The van der Waals surface area contributed by atoms with Crippen molar-refractivity contribution in [3.8, 4) is 0 Å². The predicted octanol–water partition coefficient (Wildman–Crippen LogP) is 1.32. The van der Waals surface area contributed by atoms with Gasteiger partial charge in [0.15, 0.2) is 0 Å². The number of rotatable bonds is 5. The van der Waals surface area contributed by atoms with Crippen LogP contribution in [0.4, 0.5) is 0 Å². The van der Waals surface area contributed by atoms with Crippen molar-refractivity contribution in [2.75, 3.05) is 13.2 Å². The van der Waals surface area contributed by atoms with E-state index in [4.69, 9.17) is 4.74 Å². The smallest absolute Gasteiger partial charge is 0.245 e. The summed E-state index contributed by atoms with van der Waals surface area (Å²) in [5.41, 5.74) is -0.229. The van der Waals surface area contributed by atoms with Gasteiger partial charge in [-0.15, -0.1) is 0 Å². The molecule has 0 aromatic rings. The van der Waals surface area contributed by atoms with Gasteiger partial charge in [0.05, 0.1) is 12.2 Å². The van der Waals surface area contributed by atoms with E-state index in [1.54, 1.807) is 4.90 Å². The molecule has 2 amide bonds. The zero-order chi connectivity index (χ0) is 14.6. The quantitative estimate of drug-likeness (QED) is 0.819. The monoisotopic (exact) mass is 270 g/mol. The van der Waals surface area contributed by atoms with Gasteiger partial charge in [0, 0.05) is 6.54 Å². The van der Waals surface area contributed by atoms with Crippen molar-refractivity contribution >= 4 is 11.8 Å². The Kier molecular flexibility index (Phi) is 5.35. The fourth-order valence-corrected chi connectivity index (χ4v) is 2.22. The Bertz CT molecular complexity index is 336. The van der Waals surface area contributed by atoms with Crippen LogP contribution in [0.1, 0.15) is 47.5 Å². The van der Waals surface area contributed by atoms with Crippen LogP contribution in [0.5, 0.6) is 0 Å². The molecule has 0 saturated carbocycles. The maximum atomic E-state index is 12.3. The lowest BCUT2D eigenvalue weighted by molar-refractivity contribution is -0.151. The van der Waals surface area contributed by atoms with Gasteiger partial charge >= 0.3 is 0 Å². The van der Waals surface area contributed by atoms with E-state index in [-0.39, 0.29) is 29.5 Å². The molecule has 2 unspecified atom stereocenters. The molecule has 5 nitrogen and oxygen atoms in total. The van der Waals surface area contributed by atoms with Crippen LogP contribution in [0.25, 0.3) is 0 Å². The number of hydrogen-bond acceptors (Lipinski definition) is 3. The third kappa shape index (κ3) is 4.20. The van der Waals surface area contributed by atoms with Gasteiger partial charge < -0.3 is 15.0 Å². The first kappa shape index (κ1) is 16.0. The number of nitrogens with one attached hydrogen (secondary N) is 1. The van der Waals surface area contributed by atoms with Gasteiger partial charge in [-0.1, -0.05) is 13.8 Å². The van der Waals surface area contributed by atoms with Crippen LogP contribution >= 0.6 is 0 Å². The molecular formula is C14H26N2O3. The molecular weight excluding hydrogens is 244 g/mol. The minimum Gasteiger partial charge on any atom is -0.374 e. The zero-order valence-electron chi connectivity index (χ0n) is 12.7. The average Bonchev–Trinajstić information content (AvgIpc) is 2.31. The van der Waals surface area contributed by atoms with E-state index in [1.165, 1.54) is 0 Å².